The highest BCUT2D eigenvalue weighted by Gasteiger charge is 2.24. The van der Waals surface area contributed by atoms with Crippen LogP contribution < -0.4 is 24.6 Å². The molecule has 0 saturated carbocycles. The number of ether oxygens (including phenoxy) is 2. The van der Waals surface area contributed by atoms with Crippen molar-refractivity contribution in [2.45, 2.75) is 34.1 Å². The van der Waals surface area contributed by atoms with Gasteiger partial charge in [0, 0.05) is 55.5 Å². The molecule has 0 atom stereocenters. The molecule has 3 aromatic rings. The van der Waals surface area contributed by atoms with Gasteiger partial charge in [0.15, 0.2) is 0 Å². The Kier molecular flexibility index (Phi) is 11.0. The predicted molar refractivity (Wildman–Crippen MR) is 179 cm³/mol. The fourth-order valence-electron chi connectivity index (χ4n) is 4.94. The number of nitrogens with zero attached hydrogens (tertiary/aromatic N) is 4. The first kappa shape index (κ1) is 32.2. The van der Waals surface area contributed by atoms with Gasteiger partial charge in [-0.1, -0.05) is 25.1 Å². The highest BCUT2D eigenvalue weighted by molar-refractivity contribution is 5.95. The Hall–Kier alpha value is -4.76. The van der Waals surface area contributed by atoms with Gasteiger partial charge in [-0.15, -0.1) is 0 Å². The summed E-state index contributed by atoms with van der Waals surface area (Å²) in [6.07, 6.45) is 5.46. The molecule has 9 heteroatoms. The normalized spacial score (nSPS) is 14.5. The fraction of sp³-hybridized carbons (Fsp3) is 0.314. The molecular formula is C35H43N5O4. The van der Waals surface area contributed by atoms with Gasteiger partial charge in [0.25, 0.3) is 0 Å². The van der Waals surface area contributed by atoms with Crippen molar-refractivity contribution in [1.82, 2.24) is 4.90 Å². The second-order valence-electron chi connectivity index (χ2n) is 10.8. The van der Waals surface area contributed by atoms with Crippen molar-refractivity contribution in [3.63, 3.8) is 0 Å². The number of likely N-dealkylation sites (N-methyl/N-ethyl adjacent to an activating group) is 1. The minimum atomic E-state index is -0.659. The van der Waals surface area contributed by atoms with Crippen molar-refractivity contribution < 1.29 is 19.4 Å². The molecule has 2 N–H and O–H groups in total. The number of aryl methyl sites for hydroxylation is 2. The van der Waals surface area contributed by atoms with Crippen molar-refractivity contribution in [3.8, 4) is 17.2 Å². The number of phenolic OH excluding ortho intramolecular Hbond substituents is 1. The van der Waals surface area contributed by atoms with Crippen LogP contribution in [-0.4, -0.2) is 62.7 Å². The monoisotopic (exact) mass is 597 g/mol. The molecule has 232 valence electrons. The molecule has 1 saturated heterocycles. The van der Waals surface area contributed by atoms with E-state index in [-0.39, 0.29) is 11.4 Å². The molecule has 0 aromatic heterocycles. The highest BCUT2D eigenvalue weighted by atomic mass is 16.6. The van der Waals surface area contributed by atoms with Crippen LogP contribution in [0.25, 0.3) is 0 Å². The van der Waals surface area contributed by atoms with Gasteiger partial charge in [0.05, 0.1) is 12.8 Å². The number of carbonyl (C=O) groups is 1. The van der Waals surface area contributed by atoms with Gasteiger partial charge in [-0.3, -0.25) is 0 Å². The number of hydrogen-bond donors (Lipinski definition) is 2. The molecule has 44 heavy (non-hydrogen) atoms. The Morgan fingerprint density at radius 2 is 1.73 bits per heavy atom. The van der Waals surface area contributed by atoms with Gasteiger partial charge in [-0.2, -0.15) is 0 Å². The van der Waals surface area contributed by atoms with E-state index in [9.17, 15) is 9.90 Å². The summed E-state index contributed by atoms with van der Waals surface area (Å²) in [7, 11) is 3.67. The Bertz CT molecular complexity index is 1500. The quantitative estimate of drug-likeness (QED) is 0.241. The molecular weight excluding hydrogens is 554 g/mol. The van der Waals surface area contributed by atoms with E-state index < -0.39 is 6.09 Å². The number of methoxy groups -OCH3 is 1. The smallest absolute Gasteiger partial charge is 0.424 e. The van der Waals surface area contributed by atoms with Gasteiger partial charge >= 0.3 is 6.09 Å². The minimum absolute atomic E-state index is 0.124. The largest absolute Gasteiger partial charge is 0.506 e. The van der Waals surface area contributed by atoms with E-state index in [4.69, 9.17) is 9.47 Å². The molecule has 0 radical (unpaired) electrons. The van der Waals surface area contributed by atoms with E-state index in [2.05, 4.69) is 51.4 Å². The molecule has 0 unspecified atom stereocenters. The van der Waals surface area contributed by atoms with Crippen LogP contribution in [0.5, 0.6) is 17.2 Å². The maximum absolute atomic E-state index is 13.6. The summed E-state index contributed by atoms with van der Waals surface area (Å²) in [6, 6.07) is 18.8. The highest BCUT2D eigenvalue weighted by Crippen LogP contribution is 2.34. The second-order valence-corrected chi connectivity index (χ2v) is 10.8. The lowest BCUT2D eigenvalue weighted by Gasteiger charge is -2.34. The maximum Gasteiger partial charge on any atom is 0.424 e. The van der Waals surface area contributed by atoms with Crippen molar-refractivity contribution in [2.75, 3.05) is 55.5 Å². The van der Waals surface area contributed by atoms with E-state index in [1.54, 1.807) is 31.3 Å². The Balaban J connectivity index is 1.54. The average Bonchev–Trinajstić information content (AvgIpc) is 3.01. The maximum atomic E-state index is 13.6. The number of phenols is 1. The third-order valence-electron chi connectivity index (χ3n) is 7.49. The van der Waals surface area contributed by atoms with Crippen molar-refractivity contribution in [3.05, 3.63) is 95.5 Å². The molecule has 1 aliphatic heterocycles. The number of aliphatic imine (C=N–C) groups is 1. The number of rotatable bonds is 10. The van der Waals surface area contributed by atoms with Gasteiger partial charge in [0.1, 0.15) is 23.1 Å². The van der Waals surface area contributed by atoms with Gasteiger partial charge in [0.2, 0.25) is 0 Å². The molecule has 0 bridgehead atoms. The number of carbonyl (C=O) groups excluding carboxylic acids is 1. The average molecular weight is 598 g/mol. The first-order chi connectivity index (χ1) is 21.2. The fourth-order valence-corrected chi connectivity index (χ4v) is 4.94. The van der Waals surface area contributed by atoms with E-state index in [1.807, 2.05) is 45.0 Å². The topological polar surface area (TPSA) is 89.9 Å². The molecule has 0 spiro atoms. The molecule has 0 aliphatic carbocycles. The molecule has 4 rings (SSSR count). The van der Waals surface area contributed by atoms with Crippen LogP contribution in [0, 0.1) is 13.8 Å². The van der Waals surface area contributed by atoms with Crippen molar-refractivity contribution in [1.29, 1.82) is 0 Å². The lowest BCUT2D eigenvalue weighted by atomic mass is 10.1. The van der Waals surface area contributed by atoms with E-state index in [1.165, 1.54) is 23.8 Å². The summed E-state index contributed by atoms with van der Waals surface area (Å²) in [5, 5.41) is 14.2. The number of para-hydroxylation sites is 1. The summed E-state index contributed by atoms with van der Waals surface area (Å²) in [5.74, 6) is 1.50. The van der Waals surface area contributed by atoms with Crippen molar-refractivity contribution in [2.24, 2.45) is 4.99 Å². The molecule has 9 nitrogen and oxygen atoms in total. The Morgan fingerprint density at radius 1 is 1.05 bits per heavy atom. The number of hydrogen-bond acceptors (Lipinski definition) is 8. The summed E-state index contributed by atoms with van der Waals surface area (Å²) in [4.78, 5) is 24.3. The Morgan fingerprint density at radius 3 is 2.34 bits per heavy atom. The number of benzene rings is 3. The number of nitrogens with one attached hydrogen (secondary N) is 1. The van der Waals surface area contributed by atoms with Crippen LogP contribution in [0.15, 0.2) is 89.3 Å². The zero-order chi connectivity index (χ0) is 31.6. The van der Waals surface area contributed by atoms with E-state index in [0.29, 0.717) is 23.0 Å². The standard InChI is InChI=1S/C35H43N5O4/c1-7-9-33(37-28-12-14-29(15-13-28)39-22-20-38(5)21-23-39)36-19-18-27(4)40(31-17-16-30(43-6)24-32(31)41)35(42)44-34-25(2)10-8-11-26(34)3/h8-19,24,37,41H,7,20-23H2,1-6H3/b27-18+,33-9-,36-19-. The van der Waals surface area contributed by atoms with E-state index in [0.717, 1.165) is 49.4 Å². The number of piperazine rings is 1. The molecule has 1 aliphatic rings. The number of amides is 1. The van der Waals surface area contributed by atoms with Crippen LogP contribution >= 0.6 is 0 Å². The van der Waals surface area contributed by atoms with Gasteiger partial charge in [-0.05, 0) is 93.9 Å². The summed E-state index contributed by atoms with van der Waals surface area (Å²) in [6.45, 7) is 11.7. The minimum Gasteiger partial charge on any atom is -0.506 e. The number of anilines is 3. The summed E-state index contributed by atoms with van der Waals surface area (Å²) in [5.41, 5.74) is 4.56. The zero-order valence-electron chi connectivity index (χ0n) is 26.5. The SMILES string of the molecule is CC/C=C(/N=C\C=C(/C)N(C(=O)Oc1c(C)cccc1C)c1ccc(OC)cc1O)Nc1ccc(N2CCN(C)CC2)cc1. The molecule has 1 heterocycles. The summed E-state index contributed by atoms with van der Waals surface area (Å²) >= 11 is 0. The first-order valence-corrected chi connectivity index (χ1v) is 14.9. The lowest BCUT2D eigenvalue weighted by Crippen LogP contribution is -2.44. The number of allylic oxidation sites excluding steroid dienone is 3. The van der Waals surface area contributed by atoms with Crippen LogP contribution in [-0.2, 0) is 0 Å². The number of aromatic hydroxyl groups is 1. The van der Waals surface area contributed by atoms with Crippen molar-refractivity contribution >= 4 is 29.4 Å². The molecule has 1 fully saturated rings. The van der Waals surface area contributed by atoms with Gasteiger partial charge < -0.3 is 29.7 Å². The predicted octanol–water partition coefficient (Wildman–Crippen LogP) is 7.11. The van der Waals surface area contributed by atoms with Crippen LogP contribution in [0.1, 0.15) is 31.4 Å². The third kappa shape index (κ3) is 8.20. The van der Waals surface area contributed by atoms with Crippen LogP contribution in [0.2, 0.25) is 0 Å². The second kappa shape index (κ2) is 15.1. The van der Waals surface area contributed by atoms with Gasteiger partial charge in [-0.25, -0.2) is 14.7 Å². The third-order valence-corrected chi connectivity index (χ3v) is 7.49. The van der Waals surface area contributed by atoms with E-state index >= 15 is 0 Å². The first-order valence-electron chi connectivity index (χ1n) is 14.9. The van der Waals surface area contributed by atoms with Crippen LogP contribution in [0.3, 0.4) is 0 Å². The zero-order valence-corrected chi connectivity index (χ0v) is 26.5. The summed E-state index contributed by atoms with van der Waals surface area (Å²) < 4.78 is 11.1. The Labute approximate surface area is 260 Å². The molecule has 3 aromatic carbocycles. The van der Waals surface area contributed by atoms with Crippen LogP contribution in [0.4, 0.5) is 21.9 Å². The lowest BCUT2D eigenvalue weighted by molar-refractivity contribution is 0.208. The molecule has 1 amide bonds.